The molecule has 5 rings (SSSR count). The van der Waals surface area contributed by atoms with E-state index in [1.807, 2.05) is 90.4 Å². The minimum absolute atomic E-state index is 0.153. The average molecular weight is 498 g/mol. The van der Waals surface area contributed by atoms with Crippen molar-refractivity contribution in [1.29, 1.82) is 0 Å². The van der Waals surface area contributed by atoms with E-state index in [0.29, 0.717) is 43.2 Å². The summed E-state index contributed by atoms with van der Waals surface area (Å²) in [4.78, 5) is 29.4. The van der Waals surface area contributed by atoms with E-state index in [2.05, 4.69) is 5.32 Å². The number of methoxy groups -OCH3 is 2. The molecule has 2 heterocycles. The van der Waals surface area contributed by atoms with E-state index in [-0.39, 0.29) is 11.8 Å². The zero-order valence-electron chi connectivity index (χ0n) is 21.4. The van der Waals surface area contributed by atoms with Gasteiger partial charge in [0.25, 0.3) is 5.91 Å². The molecule has 0 fully saturated rings. The molecular formula is C30H31N3O4. The van der Waals surface area contributed by atoms with Crippen molar-refractivity contribution in [1.82, 2.24) is 14.8 Å². The molecule has 1 aliphatic heterocycles. The first-order valence-electron chi connectivity index (χ1n) is 12.4. The minimum atomic E-state index is -1.07. The molecule has 7 nitrogen and oxygen atoms in total. The number of ether oxygens (including phenoxy) is 2. The van der Waals surface area contributed by atoms with E-state index in [1.54, 1.807) is 19.1 Å². The summed E-state index contributed by atoms with van der Waals surface area (Å²) in [7, 11) is 3.20. The third-order valence-electron chi connectivity index (χ3n) is 7.19. The van der Waals surface area contributed by atoms with Gasteiger partial charge in [0.15, 0.2) is 11.5 Å². The van der Waals surface area contributed by atoms with Crippen molar-refractivity contribution in [2.24, 2.45) is 0 Å². The van der Waals surface area contributed by atoms with Crippen LogP contribution >= 0.6 is 0 Å². The molecule has 1 N–H and O–H groups in total. The van der Waals surface area contributed by atoms with Crippen LogP contribution in [0.5, 0.6) is 11.5 Å². The molecule has 0 bridgehead atoms. The third kappa shape index (κ3) is 4.53. The molecule has 7 heteroatoms. The topological polar surface area (TPSA) is 72.8 Å². The van der Waals surface area contributed by atoms with E-state index >= 15 is 0 Å². The lowest BCUT2D eigenvalue weighted by Crippen LogP contribution is -2.64. The van der Waals surface area contributed by atoms with E-state index in [9.17, 15) is 9.59 Å². The number of benzene rings is 3. The summed E-state index contributed by atoms with van der Waals surface area (Å²) in [5.41, 5.74) is 2.47. The van der Waals surface area contributed by atoms with Gasteiger partial charge in [-0.05, 0) is 48.7 Å². The SMILES string of the molecule is COc1ccc(CCN2C(=O)c3cc4ccccc4n3C[C@@]2(C)C(=O)NCc2ccccc2)cc1OC. The Morgan fingerprint density at radius 1 is 0.919 bits per heavy atom. The van der Waals surface area contributed by atoms with Crippen LogP contribution in [0.2, 0.25) is 0 Å². The van der Waals surface area contributed by atoms with Gasteiger partial charge < -0.3 is 24.3 Å². The van der Waals surface area contributed by atoms with Gasteiger partial charge in [0, 0.05) is 24.0 Å². The van der Waals surface area contributed by atoms with Crippen molar-refractivity contribution in [3.63, 3.8) is 0 Å². The molecule has 0 aliphatic carbocycles. The van der Waals surface area contributed by atoms with Crippen LogP contribution in [0.25, 0.3) is 10.9 Å². The number of nitrogens with one attached hydrogen (secondary N) is 1. The van der Waals surface area contributed by atoms with Gasteiger partial charge in [0.05, 0.1) is 20.8 Å². The normalized spacial score (nSPS) is 16.9. The van der Waals surface area contributed by atoms with E-state index in [1.165, 1.54) is 0 Å². The lowest BCUT2D eigenvalue weighted by atomic mass is 9.93. The molecule has 3 aromatic carbocycles. The smallest absolute Gasteiger partial charge is 0.271 e. The Bertz CT molecular complexity index is 1450. The highest BCUT2D eigenvalue weighted by molar-refractivity contribution is 6.03. The highest BCUT2D eigenvalue weighted by Gasteiger charge is 2.47. The van der Waals surface area contributed by atoms with Crippen molar-refractivity contribution in [3.05, 3.63) is 95.7 Å². The maximum absolute atomic E-state index is 13.9. The van der Waals surface area contributed by atoms with Crippen LogP contribution in [0.15, 0.2) is 78.9 Å². The second kappa shape index (κ2) is 10.0. The summed E-state index contributed by atoms with van der Waals surface area (Å²) in [5.74, 6) is 0.948. The molecule has 190 valence electrons. The second-order valence-electron chi connectivity index (χ2n) is 9.51. The highest BCUT2D eigenvalue weighted by atomic mass is 16.5. The number of para-hydroxylation sites is 1. The van der Waals surface area contributed by atoms with Gasteiger partial charge in [-0.1, -0.05) is 54.6 Å². The van der Waals surface area contributed by atoms with Gasteiger partial charge in [-0.3, -0.25) is 9.59 Å². The van der Waals surface area contributed by atoms with Crippen LogP contribution in [0.4, 0.5) is 0 Å². The fourth-order valence-corrected chi connectivity index (χ4v) is 5.10. The van der Waals surface area contributed by atoms with Gasteiger partial charge >= 0.3 is 0 Å². The number of aromatic nitrogens is 1. The first kappa shape index (κ1) is 24.4. The number of carbonyl (C=O) groups is 2. The van der Waals surface area contributed by atoms with Crippen molar-refractivity contribution < 1.29 is 19.1 Å². The Morgan fingerprint density at radius 3 is 2.41 bits per heavy atom. The van der Waals surface area contributed by atoms with Crippen molar-refractivity contribution in [2.45, 2.75) is 32.0 Å². The molecule has 4 aromatic rings. The molecule has 0 radical (unpaired) electrons. The van der Waals surface area contributed by atoms with Crippen LogP contribution in [0.3, 0.4) is 0 Å². The lowest BCUT2D eigenvalue weighted by molar-refractivity contribution is -0.133. The summed E-state index contributed by atoms with van der Waals surface area (Å²) in [6.07, 6.45) is 0.563. The molecular weight excluding hydrogens is 466 g/mol. The van der Waals surface area contributed by atoms with Gasteiger partial charge in [-0.2, -0.15) is 0 Å². The number of rotatable bonds is 8. The standard InChI is InChI=1S/C30H31N3O4/c1-30(29(35)31-19-22-9-5-4-6-10-22)20-32-24-12-8-7-11-23(24)18-25(32)28(34)33(30)16-15-21-13-14-26(36-2)27(17-21)37-3/h4-14,17-18H,15-16,19-20H2,1-3H3,(H,31,35)/t30-/m0/s1. The largest absolute Gasteiger partial charge is 0.493 e. The highest BCUT2D eigenvalue weighted by Crippen LogP contribution is 2.33. The quantitative estimate of drug-likeness (QED) is 0.391. The van der Waals surface area contributed by atoms with Gasteiger partial charge in [-0.15, -0.1) is 0 Å². The van der Waals surface area contributed by atoms with Crippen molar-refractivity contribution in [2.75, 3.05) is 20.8 Å². The summed E-state index contributed by atoms with van der Waals surface area (Å²) < 4.78 is 12.8. The molecule has 0 saturated carbocycles. The van der Waals surface area contributed by atoms with Crippen LogP contribution in [-0.2, 0) is 24.3 Å². The maximum Gasteiger partial charge on any atom is 0.271 e. The fourth-order valence-electron chi connectivity index (χ4n) is 5.10. The van der Waals surface area contributed by atoms with Gasteiger partial charge in [0.1, 0.15) is 11.2 Å². The first-order valence-corrected chi connectivity index (χ1v) is 12.4. The molecule has 1 aromatic heterocycles. The molecule has 1 atom stereocenters. The molecule has 2 amide bonds. The molecule has 1 aliphatic rings. The zero-order valence-corrected chi connectivity index (χ0v) is 21.4. The molecule has 37 heavy (non-hydrogen) atoms. The van der Waals surface area contributed by atoms with Gasteiger partial charge in [-0.25, -0.2) is 0 Å². The summed E-state index contributed by atoms with van der Waals surface area (Å²) in [6.45, 7) is 3.00. The molecule has 0 spiro atoms. The summed E-state index contributed by atoms with van der Waals surface area (Å²) in [5, 5.41) is 4.07. The molecule has 0 saturated heterocycles. The van der Waals surface area contributed by atoms with Crippen LogP contribution < -0.4 is 14.8 Å². The number of amides is 2. The average Bonchev–Trinajstić information content (AvgIpc) is 3.30. The summed E-state index contributed by atoms with van der Waals surface area (Å²) >= 11 is 0. The Kier molecular flexibility index (Phi) is 6.61. The minimum Gasteiger partial charge on any atom is -0.493 e. The monoisotopic (exact) mass is 497 g/mol. The molecule has 0 unspecified atom stereocenters. The number of carbonyl (C=O) groups excluding carboxylic acids is 2. The number of hydrogen-bond acceptors (Lipinski definition) is 4. The first-order chi connectivity index (χ1) is 17.9. The predicted molar refractivity (Wildman–Crippen MR) is 143 cm³/mol. The lowest BCUT2D eigenvalue weighted by Gasteiger charge is -2.44. The Balaban J connectivity index is 1.47. The van der Waals surface area contributed by atoms with Crippen LogP contribution in [-0.4, -0.2) is 47.6 Å². The maximum atomic E-state index is 13.9. The number of hydrogen-bond donors (Lipinski definition) is 1. The van der Waals surface area contributed by atoms with Crippen LogP contribution in [0, 0.1) is 0 Å². The zero-order chi connectivity index (χ0) is 26.0. The van der Waals surface area contributed by atoms with Crippen LogP contribution in [0.1, 0.15) is 28.5 Å². The van der Waals surface area contributed by atoms with Crippen molar-refractivity contribution in [3.8, 4) is 11.5 Å². The fraction of sp³-hybridized carbons (Fsp3) is 0.267. The predicted octanol–water partition coefficient (Wildman–Crippen LogP) is 4.43. The Morgan fingerprint density at radius 2 is 1.65 bits per heavy atom. The van der Waals surface area contributed by atoms with Gasteiger partial charge in [0.2, 0.25) is 5.91 Å². The summed E-state index contributed by atoms with van der Waals surface area (Å²) in [6, 6.07) is 25.3. The van der Waals surface area contributed by atoms with E-state index in [4.69, 9.17) is 9.47 Å². The Hall–Kier alpha value is -4.26. The van der Waals surface area contributed by atoms with Crippen molar-refractivity contribution >= 4 is 22.7 Å². The third-order valence-corrected chi connectivity index (χ3v) is 7.19. The van der Waals surface area contributed by atoms with E-state index in [0.717, 1.165) is 22.0 Å². The second-order valence-corrected chi connectivity index (χ2v) is 9.51. The Labute approximate surface area is 216 Å². The number of fused-ring (bicyclic) bond motifs is 3. The number of nitrogens with zero attached hydrogens (tertiary/aromatic N) is 2. The van der Waals surface area contributed by atoms with E-state index < -0.39 is 5.54 Å².